The van der Waals surface area contributed by atoms with Crippen molar-refractivity contribution in [3.63, 3.8) is 0 Å². The van der Waals surface area contributed by atoms with E-state index in [1.165, 1.54) is 0 Å². The van der Waals surface area contributed by atoms with Crippen molar-refractivity contribution in [3.8, 4) is 0 Å². The highest BCUT2D eigenvalue weighted by atomic mass is 35.5. The summed E-state index contributed by atoms with van der Waals surface area (Å²) >= 11 is 5.90. The molecule has 1 N–H and O–H groups in total. The molecule has 24 heavy (non-hydrogen) atoms. The Bertz CT molecular complexity index is 671. The van der Waals surface area contributed by atoms with E-state index in [2.05, 4.69) is 5.32 Å². The Morgan fingerprint density at radius 3 is 2.75 bits per heavy atom. The van der Waals surface area contributed by atoms with Gasteiger partial charge in [0.05, 0.1) is 17.1 Å². The number of nitrogens with zero attached hydrogens (tertiary/aromatic N) is 2. The van der Waals surface area contributed by atoms with E-state index in [0.29, 0.717) is 26.2 Å². The predicted molar refractivity (Wildman–Crippen MR) is 84.9 cm³/mol. The van der Waals surface area contributed by atoms with Crippen molar-refractivity contribution in [3.05, 3.63) is 34.4 Å². The van der Waals surface area contributed by atoms with Crippen LogP contribution in [0.15, 0.2) is 12.1 Å². The van der Waals surface area contributed by atoms with E-state index < -0.39 is 17.5 Å². The number of benzene rings is 1. The van der Waals surface area contributed by atoms with E-state index in [1.807, 2.05) is 0 Å². The summed E-state index contributed by atoms with van der Waals surface area (Å²) in [6.45, 7) is 2.52. The number of likely N-dealkylation sites (tertiary alicyclic amines) is 1. The van der Waals surface area contributed by atoms with E-state index >= 15 is 0 Å². The molecule has 2 fully saturated rings. The number of halogens is 3. The molecule has 0 spiro atoms. The van der Waals surface area contributed by atoms with Crippen molar-refractivity contribution in [2.45, 2.75) is 18.9 Å². The maximum absolute atomic E-state index is 13.4. The average Bonchev–Trinajstić information content (AvgIpc) is 2.58. The fraction of sp³-hybridized carbons (Fsp3) is 0.500. The highest BCUT2D eigenvalue weighted by Crippen LogP contribution is 2.24. The first kappa shape index (κ1) is 17.1. The van der Waals surface area contributed by atoms with Crippen molar-refractivity contribution in [1.82, 2.24) is 15.1 Å². The Morgan fingerprint density at radius 2 is 2.00 bits per heavy atom. The number of hydrogen-bond acceptors (Lipinski definition) is 3. The number of piperidine rings is 1. The largest absolute Gasteiger partial charge is 0.337 e. The minimum Gasteiger partial charge on any atom is -0.337 e. The summed E-state index contributed by atoms with van der Waals surface area (Å²) in [5.74, 6) is -2.61. The minimum atomic E-state index is -1.10. The molecular formula is C16H18ClF2N3O2. The van der Waals surface area contributed by atoms with Gasteiger partial charge in [0, 0.05) is 32.2 Å². The Kier molecular flexibility index (Phi) is 5.01. The van der Waals surface area contributed by atoms with Crippen LogP contribution >= 0.6 is 11.6 Å². The van der Waals surface area contributed by atoms with Gasteiger partial charge in [-0.2, -0.15) is 0 Å². The molecule has 0 bridgehead atoms. The van der Waals surface area contributed by atoms with Gasteiger partial charge in [-0.1, -0.05) is 11.6 Å². The number of rotatable bonds is 2. The molecule has 1 aromatic carbocycles. The quantitative estimate of drug-likeness (QED) is 0.819. The van der Waals surface area contributed by atoms with Crippen molar-refractivity contribution in [1.29, 1.82) is 0 Å². The Labute approximate surface area is 143 Å². The zero-order valence-electron chi connectivity index (χ0n) is 13.0. The van der Waals surface area contributed by atoms with Gasteiger partial charge in [-0.25, -0.2) is 8.78 Å². The fourth-order valence-corrected chi connectivity index (χ4v) is 3.49. The predicted octanol–water partition coefficient (Wildman–Crippen LogP) is 1.65. The number of amides is 2. The summed E-state index contributed by atoms with van der Waals surface area (Å²) in [4.78, 5) is 28.0. The van der Waals surface area contributed by atoms with Crippen LogP contribution in [0, 0.1) is 11.6 Å². The van der Waals surface area contributed by atoms with E-state index in [-0.39, 0.29) is 22.5 Å². The van der Waals surface area contributed by atoms with Gasteiger partial charge >= 0.3 is 0 Å². The molecule has 0 aliphatic carbocycles. The van der Waals surface area contributed by atoms with Crippen LogP contribution in [-0.4, -0.2) is 60.4 Å². The molecule has 2 aliphatic rings. The molecule has 2 amide bonds. The molecule has 2 saturated heterocycles. The van der Waals surface area contributed by atoms with Crippen molar-refractivity contribution in [2.24, 2.45) is 0 Å². The minimum absolute atomic E-state index is 0.0198. The molecule has 1 aromatic rings. The van der Waals surface area contributed by atoms with Crippen LogP contribution in [0.2, 0.25) is 5.02 Å². The van der Waals surface area contributed by atoms with Crippen LogP contribution < -0.4 is 5.32 Å². The molecular weight excluding hydrogens is 340 g/mol. The third kappa shape index (κ3) is 3.37. The van der Waals surface area contributed by atoms with E-state index in [1.54, 1.807) is 9.80 Å². The van der Waals surface area contributed by atoms with Gasteiger partial charge in [-0.15, -0.1) is 0 Å². The molecule has 0 saturated carbocycles. The molecule has 0 radical (unpaired) electrons. The SMILES string of the molecule is O=C(c1cc(F)c(F)cc1Cl)N1CCCC(N2CCNCC2=O)C1. The first-order valence-corrected chi connectivity index (χ1v) is 8.29. The topological polar surface area (TPSA) is 52.7 Å². The average molecular weight is 358 g/mol. The Balaban J connectivity index is 1.76. The zero-order valence-corrected chi connectivity index (χ0v) is 13.8. The van der Waals surface area contributed by atoms with Gasteiger partial charge in [0.2, 0.25) is 5.91 Å². The summed E-state index contributed by atoms with van der Waals surface area (Å²) in [7, 11) is 0. The normalized spacial score (nSPS) is 22.0. The maximum Gasteiger partial charge on any atom is 0.255 e. The van der Waals surface area contributed by atoms with Gasteiger partial charge < -0.3 is 15.1 Å². The molecule has 1 atom stereocenters. The van der Waals surface area contributed by atoms with Gasteiger partial charge in [0.15, 0.2) is 11.6 Å². The second kappa shape index (κ2) is 7.03. The van der Waals surface area contributed by atoms with Crippen LogP contribution in [0.5, 0.6) is 0 Å². The molecule has 2 aliphatic heterocycles. The molecule has 0 aromatic heterocycles. The highest BCUT2D eigenvalue weighted by molar-refractivity contribution is 6.33. The van der Waals surface area contributed by atoms with E-state index in [4.69, 9.17) is 11.6 Å². The standard InChI is InChI=1S/C16H18ClF2N3O2/c17-12-7-14(19)13(18)6-11(12)16(24)21-4-1-2-10(9-21)22-5-3-20-8-15(22)23/h6-7,10,20H,1-5,8-9H2. The van der Waals surface area contributed by atoms with Crippen LogP contribution in [-0.2, 0) is 4.79 Å². The molecule has 1 unspecified atom stereocenters. The van der Waals surface area contributed by atoms with Crippen molar-refractivity contribution < 1.29 is 18.4 Å². The molecule has 3 rings (SSSR count). The van der Waals surface area contributed by atoms with Gasteiger partial charge in [-0.3, -0.25) is 9.59 Å². The van der Waals surface area contributed by atoms with Crippen LogP contribution in [0.4, 0.5) is 8.78 Å². The lowest BCUT2D eigenvalue weighted by molar-refractivity contribution is -0.135. The van der Waals surface area contributed by atoms with Gasteiger partial charge in [-0.05, 0) is 25.0 Å². The van der Waals surface area contributed by atoms with Crippen LogP contribution in [0.25, 0.3) is 0 Å². The number of nitrogens with one attached hydrogen (secondary N) is 1. The van der Waals surface area contributed by atoms with Crippen LogP contribution in [0.1, 0.15) is 23.2 Å². The number of piperazine rings is 1. The summed E-state index contributed by atoms with van der Waals surface area (Å²) in [5.41, 5.74) is -0.0529. The van der Waals surface area contributed by atoms with Gasteiger partial charge in [0.25, 0.3) is 5.91 Å². The van der Waals surface area contributed by atoms with Crippen LogP contribution in [0.3, 0.4) is 0 Å². The van der Waals surface area contributed by atoms with Crippen molar-refractivity contribution >= 4 is 23.4 Å². The summed E-state index contributed by atoms with van der Waals surface area (Å²) in [5, 5.41) is 2.90. The zero-order chi connectivity index (χ0) is 17.3. The maximum atomic E-state index is 13.4. The molecule has 8 heteroatoms. The summed E-state index contributed by atoms with van der Waals surface area (Å²) in [6.07, 6.45) is 1.57. The lowest BCUT2D eigenvalue weighted by Gasteiger charge is -2.41. The lowest BCUT2D eigenvalue weighted by Crippen LogP contribution is -2.57. The monoisotopic (exact) mass is 357 g/mol. The van der Waals surface area contributed by atoms with Gasteiger partial charge in [0.1, 0.15) is 0 Å². The Hall–Kier alpha value is -1.73. The third-order valence-electron chi connectivity index (χ3n) is 4.49. The molecule has 130 valence electrons. The smallest absolute Gasteiger partial charge is 0.255 e. The first-order chi connectivity index (χ1) is 11.5. The molecule has 5 nitrogen and oxygen atoms in total. The highest BCUT2D eigenvalue weighted by Gasteiger charge is 2.32. The first-order valence-electron chi connectivity index (χ1n) is 7.91. The van der Waals surface area contributed by atoms with E-state index in [9.17, 15) is 18.4 Å². The number of hydrogen-bond donors (Lipinski definition) is 1. The third-order valence-corrected chi connectivity index (χ3v) is 4.80. The Morgan fingerprint density at radius 1 is 1.25 bits per heavy atom. The number of carbonyl (C=O) groups is 2. The lowest BCUT2D eigenvalue weighted by atomic mass is 10.0. The second-order valence-corrected chi connectivity index (χ2v) is 6.46. The van der Waals surface area contributed by atoms with E-state index in [0.717, 1.165) is 31.5 Å². The molecule has 2 heterocycles. The summed E-state index contributed by atoms with van der Waals surface area (Å²) in [6, 6.07) is 1.59. The number of carbonyl (C=O) groups excluding carboxylic acids is 2. The van der Waals surface area contributed by atoms with Crippen molar-refractivity contribution in [2.75, 3.05) is 32.7 Å². The fourth-order valence-electron chi connectivity index (χ4n) is 3.26. The summed E-state index contributed by atoms with van der Waals surface area (Å²) < 4.78 is 26.6. The second-order valence-electron chi connectivity index (χ2n) is 6.06.